The zero-order chi connectivity index (χ0) is 23.2. The van der Waals surface area contributed by atoms with Crippen molar-refractivity contribution in [2.75, 3.05) is 18.8 Å². The van der Waals surface area contributed by atoms with E-state index in [1.165, 1.54) is 17.2 Å². The van der Waals surface area contributed by atoms with Crippen LogP contribution in [0.1, 0.15) is 24.9 Å². The van der Waals surface area contributed by atoms with Gasteiger partial charge in [0.05, 0.1) is 5.52 Å². The molecule has 10 heteroatoms. The average Bonchev–Trinajstić information content (AvgIpc) is 3.38. The van der Waals surface area contributed by atoms with Crippen LogP contribution in [-0.4, -0.2) is 55.5 Å². The minimum Gasteiger partial charge on any atom is -0.326 e. The zero-order valence-electron chi connectivity index (χ0n) is 18.0. The van der Waals surface area contributed by atoms with E-state index in [9.17, 15) is 13.2 Å². The van der Waals surface area contributed by atoms with Crippen LogP contribution in [0.25, 0.3) is 28.1 Å². The van der Waals surface area contributed by atoms with Gasteiger partial charge in [-0.1, -0.05) is 25.1 Å². The molecular weight excluding hydrogens is 449 g/mol. The van der Waals surface area contributed by atoms with Crippen LogP contribution >= 0.6 is 11.8 Å². The quantitative estimate of drug-likeness (QED) is 0.425. The SMILES string of the molecule is CCSc1ccc2ccc(-c3nnc4ccc([C@@H](N5CC[C@H](N)C5)C(F)(F)F)cn34)nc2c1. The molecular formula is C23H23F3N6S. The van der Waals surface area contributed by atoms with Crippen LogP contribution in [0.5, 0.6) is 0 Å². The Hall–Kier alpha value is -2.69. The van der Waals surface area contributed by atoms with Crippen LogP contribution in [0, 0.1) is 0 Å². The lowest BCUT2D eigenvalue weighted by Gasteiger charge is -2.30. The molecule has 0 spiro atoms. The van der Waals surface area contributed by atoms with Gasteiger partial charge in [-0.2, -0.15) is 13.2 Å². The summed E-state index contributed by atoms with van der Waals surface area (Å²) in [6, 6.07) is 10.9. The van der Waals surface area contributed by atoms with Gasteiger partial charge in [0.15, 0.2) is 11.5 Å². The second-order valence-electron chi connectivity index (χ2n) is 8.19. The lowest BCUT2D eigenvalue weighted by molar-refractivity contribution is -0.183. The molecule has 0 saturated carbocycles. The van der Waals surface area contributed by atoms with Gasteiger partial charge in [-0.05, 0) is 42.0 Å². The third kappa shape index (κ3) is 4.30. The Bertz CT molecular complexity index is 1300. The van der Waals surface area contributed by atoms with Gasteiger partial charge in [0.25, 0.3) is 0 Å². The van der Waals surface area contributed by atoms with Crippen LogP contribution in [-0.2, 0) is 0 Å². The van der Waals surface area contributed by atoms with E-state index in [0.29, 0.717) is 30.1 Å². The summed E-state index contributed by atoms with van der Waals surface area (Å²) in [5.74, 6) is 1.35. The standard InChI is InChI=1S/C23H23F3N6S/c1-2-33-17-6-3-14-4-7-18(28-19(14)11-17)22-30-29-20-8-5-15(12-32(20)22)21(23(24,25)26)31-10-9-16(27)13-31/h3-8,11-12,16,21H,2,9-10,13,27H2,1H3/t16-,21+/m0/s1. The van der Waals surface area contributed by atoms with Crippen molar-refractivity contribution in [3.63, 3.8) is 0 Å². The fraction of sp³-hybridized carbons (Fsp3) is 0.348. The maximum atomic E-state index is 14.1. The molecule has 1 aromatic carbocycles. The Balaban J connectivity index is 1.58. The number of fused-ring (bicyclic) bond motifs is 2. The van der Waals surface area contributed by atoms with Crippen LogP contribution in [0.4, 0.5) is 13.2 Å². The van der Waals surface area contributed by atoms with Crippen molar-refractivity contribution in [1.29, 1.82) is 0 Å². The predicted octanol–water partition coefficient (Wildman–Crippen LogP) is 4.69. The molecule has 1 saturated heterocycles. The van der Waals surface area contributed by atoms with Crippen molar-refractivity contribution in [3.05, 3.63) is 54.2 Å². The molecule has 6 nitrogen and oxygen atoms in total. The van der Waals surface area contributed by atoms with Gasteiger partial charge in [0.2, 0.25) is 0 Å². The van der Waals surface area contributed by atoms with E-state index in [-0.39, 0.29) is 18.2 Å². The molecule has 0 bridgehead atoms. The molecule has 2 N–H and O–H groups in total. The molecule has 0 unspecified atom stereocenters. The number of aromatic nitrogens is 4. The third-order valence-corrected chi connectivity index (χ3v) is 6.75. The second kappa shape index (κ2) is 8.58. The normalized spacial score (nSPS) is 18.4. The number of nitrogens with two attached hydrogens (primary N) is 1. The van der Waals surface area contributed by atoms with Crippen molar-refractivity contribution in [2.45, 2.75) is 36.5 Å². The van der Waals surface area contributed by atoms with E-state index < -0.39 is 12.2 Å². The topological polar surface area (TPSA) is 72.3 Å². The molecule has 33 heavy (non-hydrogen) atoms. The molecule has 0 radical (unpaired) electrons. The number of benzene rings is 1. The number of thioether (sulfide) groups is 1. The maximum absolute atomic E-state index is 14.1. The van der Waals surface area contributed by atoms with Crippen LogP contribution in [0.3, 0.4) is 0 Å². The highest BCUT2D eigenvalue weighted by atomic mass is 32.2. The molecule has 3 aromatic heterocycles. The Kier molecular flexibility index (Phi) is 5.75. The molecule has 1 aliphatic heterocycles. The number of alkyl halides is 3. The number of rotatable bonds is 5. The Morgan fingerprint density at radius 2 is 1.97 bits per heavy atom. The fourth-order valence-corrected chi connectivity index (χ4v) is 5.07. The summed E-state index contributed by atoms with van der Waals surface area (Å²) in [6.07, 6.45) is -2.41. The third-order valence-electron chi connectivity index (χ3n) is 5.88. The highest BCUT2D eigenvalue weighted by Crippen LogP contribution is 2.39. The molecule has 1 aliphatic rings. The van der Waals surface area contributed by atoms with Gasteiger partial charge in [-0.3, -0.25) is 9.30 Å². The van der Waals surface area contributed by atoms with E-state index in [2.05, 4.69) is 23.2 Å². The molecule has 172 valence electrons. The molecule has 5 rings (SSSR count). The lowest BCUT2D eigenvalue weighted by atomic mass is 10.1. The van der Waals surface area contributed by atoms with E-state index in [1.54, 1.807) is 22.2 Å². The summed E-state index contributed by atoms with van der Waals surface area (Å²) in [5.41, 5.74) is 7.84. The predicted molar refractivity (Wildman–Crippen MR) is 123 cm³/mol. The Morgan fingerprint density at radius 1 is 1.15 bits per heavy atom. The van der Waals surface area contributed by atoms with Crippen LogP contribution in [0.15, 0.2) is 53.6 Å². The van der Waals surface area contributed by atoms with Crippen LogP contribution in [0.2, 0.25) is 0 Å². The molecule has 4 heterocycles. The first-order valence-electron chi connectivity index (χ1n) is 10.8. The Morgan fingerprint density at radius 3 is 2.70 bits per heavy atom. The molecule has 1 fully saturated rings. The van der Waals surface area contributed by atoms with Gasteiger partial charge in [0, 0.05) is 35.6 Å². The maximum Gasteiger partial charge on any atom is 0.408 e. The summed E-state index contributed by atoms with van der Waals surface area (Å²) in [5, 5.41) is 9.36. The van der Waals surface area contributed by atoms with Gasteiger partial charge in [-0.25, -0.2) is 4.98 Å². The fourth-order valence-electron chi connectivity index (χ4n) is 4.38. The van der Waals surface area contributed by atoms with E-state index in [0.717, 1.165) is 21.6 Å². The highest BCUT2D eigenvalue weighted by Gasteiger charge is 2.46. The van der Waals surface area contributed by atoms with Gasteiger partial charge in [-0.15, -0.1) is 22.0 Å². The molecule has 0 aliphatic carbocycles. The zero-order valence-corrected chi connectivity index (χ0v) is 18.8. The lowest BCUT2D eigenvalue weighted by Crippen LogP contribution is -2.38. The first-order valence-corrected chi connectivity index (χ1v) is 11.8. The van der Waals surface area contributed by atoms with Crippen molar-refractivity contribution >= 4 is 28.3 Å². The van der Waals surface area contributed by atoms with Crippen molar-refractivity contribution in [2.24, 2.45) is 5.73 Å². The number of hydrogen-bond donors (Lipinski definition) is 1. The minimum atomic E-state index is -4.43. The molecule has 4 aromatic rings. The van der Waals surface area contributed by atoms with Gasteiger partial charge < -0.3 is 5.73 Å². The van der Waals surface area contributed by atoms with Crippen molar-refractivity contribution in [1.82, 2.24) is 24.5 Å². The van der Waals surface area contributed by atoms with Gasteiger partial charge in [0.1, 0.15) is 11.7 Å². The van der Waals surface area contributed by atoms with E-state index >= 15 is 0 Å². The highest BCUT2D eigenvalue weighted by molar-refractivity contribution is 7.99. The summed E-state index contributed by atoms with van der Waals surface area (Å²) < 4.78 is 43.8. The van der Waals surface area contributed by atoms with Gasteiger partial charge >= 0.3 is 6.18 Å². The van der Waals surface area contributed by atoms with E-state index in [1.807, 2.05) is 24.3 Å². The van der Waals surface area contributed by atoms with Crippen molar-refractivity contribution in [3.8, 4) is 11.5 Å². The number of hydrogen-bond acceptors (Lipinski definition) is 6. The summed E-state index contributed by atoms with van der Waals surface area (Å²) in [7, 11) is 0. The summed E-state index contributed by atoms with van der Waals surface area (Å²) in [4.78, 5) is 7.25. The van der Waals surface area contributed by atoms with E-state index in [4.69, 9.17) is 10.7 Å². The van der Waals surface area contributed by atoms with Crippen molar-refractivity contribution < 1.29 is 13.2 Å². The first-order chi connectivity index (χ1) is 15.8. The number of pyridine rings is 2. The molecule has 0 amide bonds. The monoisotopic (exact) mass is 472 g/mol. The van der Waals surface area contributed by atoms with Crippen LogP contribution < -0.4 is 5.73 Å². The first kappa shape index (κ1) is 22.1. The summed E-state index contributed by atoms with van der Waals surface area (Å²) >= 11 is 1.72. The molecule has 2 atom stereocenters. The Labute approximate surface area is 193 Å². The summed E-state index contributed by atoms with van der Waals surface area (Å²) in [6.45, 7) is 2.60. The average molecular weight is 473 g/mol. The largest absolute Gasteiger partial charge is 0.408 e. The second-order valence-corrected chi connectivity index (χ2v) is 9.52. The number of halogens is 3. The number of nitrogens with zero attached hydrogens (tertiary/aromatic N) is 5. The minimum absolute atomic E-state index is 0.132. The smallest absolute Gasteiger partial charge is 0.326 e. The number of likely N-dealkylation sites (tertiary alicyclic amines) is 1.